The summed E-state index contributed by atoms with van der Waals surface area (Å²) >= 11 is 2.98. The summed E-state index contributed by atoms with van der Waals surface area (Å²) in [7, 11) is 1.61. The van der Waals surface area contributed by atoms with Gasteiger partial charge in [-0.25, -0.2) is 4.79 Å². The van der Waals surface area contributed by atoms with E-state index in [0.717, 1.165) is 20.5 Å². The fourth-order valence-electron chi connectivity index (χ4n) is 3.69. The van der Waals surface area contributed by atoms with Gasteiger partial charge >= 0.3 is 5.97 Å². The fraction of sp³-hybridized carbons (Fsp3) is 0.217. The minimum absolute atomic E-state index is 0.247. The van der Waals surface area contributed by atoms with Crippen molar-refractivity contribution < 1.29 is 14.3 Å². The number of fused-ring (bicyclic) bond motifs is 1. The normalized spacial score (nSPS) is 14.9. The second kappa shape index (κ2) is 10.2. The molecule has 1 N–H and O–H groups in total. The summed E-state index contributed by atoms with van der Waals surface area (Å²) in [6, 6.07) is 16.8. The number of carbonyl (C=O) groups is 1. The van der Waals surface area contributed by atoms with E-state index in [0.29, 0.717) is 28.7 Å². The molecule has 0 saturated carbocycles. The van der Waals surface area contributed by atoms with E-state index in [2.05, 4.69) is 31.0 Å². The molecule has 178 valence electrons. The first-order valence-electron chi connectivity index (χ1n) is 10.8. The van der Waals surface area contributed by atoms with Gasteiger partial charge in [-0.15, -0.1) is 10.2 Å². The third kappa shape index (κ3) is 4.75. The smallest absolute Gasteiger partial charge is 0.338 e. The molecule has 2 aromatic carbocycles. The van der Waals surface area contributed by atoms with E-state index >= 15 is 0 Å². The summed E-state index contributed by atoms with van der Waals surface area (Å²) in [6.45, 7) is 2.03. The number of aromatic nitrogens is 6. The van der Waals surface area contributed by atoms with Crippen LogP contribution in [0.4, 0.5) is 5.95 Å². The predicted molar refractivity (Wildman–Crippen MR) is 132 cm³/mol. The van der Waals surface area contributed by atoms with Crippen molar-refractivity contribution in [3.05, 3.63) is 71.4 Å². The number of nitrogens with one attached hydrogen (secondary N) is 1. The first-order valence-corrected chi connectivity index (χ1v) is 12.6. The van der Waals surface area contributed by atoms with E-state index < -0.39 is 12.0 Å². The quantitative estimate of drug-likeness (QED) is 0.279. The van der Waals surface area contributed by atoms with Gasteiger partial charge in [0.2, 0.25) is 5.95 Å². The van der Waals surface area contributed by atoms with Crippen molar-refractivity contribution in [2.75, 3.05) is 24.8 Å². The van der Waals surface area contributed by atoms with Gasteiger partial charge in [0.25, 0.3) is 0 Å². The minimum atomic E-state index is -0.559. The van der Waals surface area contributed by atoms with E-state index in [4.69, 9.17) is 9.47 Å². The van der Waals surface area contributed by atoms with Crippen molar-refractivity contribution in [2.24, 2.45) is 0 Å². The SMILES string of the molecule is CCOC(=O)C1=C(CSc2nnc(-c3ccccc3)s2)Nc2nnnn2C1c1ccc(OC)cc1. The zero-order valence-electron chi connectivity index (χ0n) is 18.9. The average Bonchev–Trinajstić information content (AvgIpc) is 3.57. The third-order valence-corrected chi connectivity index (χ3v) is 7.42. The number of benzene rings is 2. The van der Waals surface area contributed by atoms with Gasteiger partial charge in [0.05, 0.1) is 19.3 Å². The van der Waals surface area contributed by atoms with Gasteiger partial charge in [0.1, 0.15) is 16.8 Å². The maximum Gasteiger partial charge on any atom is 0.338 e. The number of rotatable bonds is 8. The molecule has 4 aromatic rings. The van der Waals surface area contributed by atoms with Gasteiger partial charge in [-0.1, -0.05) is 70.7 Å². The van der Waals surface area contributed by atoms with Crippen molar-refractivity contribution in [1.82, 2.24) is 30.4 Å². The second-order valence-electron chi connectivity index (χ2n) is 7.39. The van der Waals surface area contributed by atoms with Crippen molar-refractivity contribution in [2.45, 2.75) is 17.3 Å². The number of hydrogen-bond acceptors (Lipinski definition) is 11. The van der Waals surface area contributed by atoms with Crippen molar-refractivity contribution in [1.29, 1.82) is 0 Å². The van der Waals surface area contributed by atoms with Gasteiger partial charge in [0.15, 0.2) is 4.34 Å². The lowest BCUT2D eigenvalue weighted by Crippen LogP contribution is -2.31. The third-order valence-electron chi connectivity index (χ3n) is 5.29. The Bertz CT molecular complexity index is 1350. The van der Waals surface area contributed by atoms with Crippen LogP contribution >= 0.6 is 23.1 Å². The number of carbonyl (C=O) groups excluding carboxylic acids is 1. The Morgan fingerprint density at radius 3 is 2.66 bits per heavy atom. The Morgan fingerprint density at radius 2 is 1.91 bits per heavy atom. The first kappa shape index (κ1) is 23.0. The van der Waals surface area contributed by atoms with Gasteiger partial charge in [0, 0.05) is 17.0 Å². The molecule has 0 radical (unpaired) electrons. The van der Waals surface area contributed by atoms with Crippen molar-refractivity contribution in [3.63, 3.8) is 0 Å². The lowest BCUT2D eigenvalue weighted by molar-refractivity contribution is -0.139. The molecule has 12 heteroatoms. The lowest BCUT2D eigenvalue weighted by atomic mass is 9.95. The van der Waals surface area contributed by atoms with E-state index in [9.17, 15) is 4.79 Å². The molecule has 1 aliphatic heterocycles. The molecule has 1 aliphatic rings. The Balaban J connectivity index is 1.49. The number of hydrogen-bond donors (Lipinski definition) is 1. The fourth-order valence-corrected chi connectivity index (χ4v) is 5.52. The lowest BCUT2D eigenvalue weighted by Gasteiger charge is -2.28. The summed E-state index contributed by atoms with van der Waals surface area (Å²) in [5.41, 5.74) is 2.94. The molecule has 1 unspecified atom stereocenters. The van der Waals surface area contributed by atoms with Crippen molar-refractivity contribution in [3.8, 4) is 16.3 Å². The minimum Gasteiger partial charge on any atom is -0.497 e. The Kier molecular flexibility index (Phi) is 6.73. The largest absolute Gasteiger partial charge is 0.497 e. The average molecular weight is 508 g/mol. The summed E-state index contributed by atoms with van der Waals surface area (Å²) in [4.78, 5) is 13.2. The Labute approximate surface area is 209 Å². The molecule has 0 saturated heterocycles. The maximum absolute atomic E-state index is 13.2. The molecule has 5 rings (SSSR count). The summed E-state index contributed by atoms with van der Waals surface area (Å²) < 4.78 is 13.1. The highest BCUT2D eigenvalue weighted by Crippen LogP contribution is 2.38. The molecule has 0 aliphatic carbocycles. The van der Waals surface area contributed by atoms with E-state index in [1.54, 1.807) is 18.7 Å². The number of nitrogens with zero attached hydrogens (tertiary/aromatic N) is 6. The van der Waals surface area contributed by atoms with Crippen LogP contribution in [0, 0.1) is 0 Å². The van der Waals surface area contributed by atoms with Crippen LogP contribution < -0.4 is 10.1 Å². The number of methoxy groups -OCH3 is 1. The van der Waals surface area contributed by atoms with Crippen LogP contribution in [-0.4, -0.2) is 55.8 Å². The molecule has 0 spiro atoms. The van der Waals surface area contributed by atoms with Gasteiger partial charge in [-0.2, -0.15) is 4.68 Å². The number of thioether (sulfide) groups is 1. The molecular weight excluding hydrogens is 486 g/mol. The standard InChI is InChI=1S/C23H21N7O3S2/c1-3-33-21(31)18-17(13-34-23-27-25-20(35-23)15-7-5-4-6-8-15)24-22-26-28-29-30(22)19(18)14-9-11-16(32-2)12-10-14/h4-12,19H,3,13H2,1-2H3,(H,24,26,29). The Hall–Kier alpha value is -3.77. The number of ether oxygens (including phenoxy) is 2. The molecule has 0 amide bonds. The Morgan fingerprint density at radius 1 is 1.11 bits per heavy atom. The van der Waals surface area contributed by atoms with E-state index in [1.165, 1.54) is 23.1 Å². The highest BCUT2D eigenvalue weighted by molar-refractivity contribution is 8.01. The molecule has 1 atom stereocenters. The van der Waals surface area contributed by atoms with Crippen LogP contribution in [0.25, 0.3) is 10.6 Å². The van der Waals surface area contributed by atoms with Crippen LogP contribution in [0.1, 0.15) is 18.5 Å². The van der Waals surface area contributed by atoms with Crippen LogP contribution in [0.3, 0.4) is 0 Å². The van der Waals surface area contributed by atoms with Crippen LogP contribution in [0.2, 0.25) is 0 Å². The number of anilines is 1. The summed E-state index contributed by atoms with van der Waals surface area (Å²) in [5.74, 6) is 1.15. The van der Waals surface area contributed by atoms with Crippen LogP contribution in [-0.2, 0) is 9.53 Å². The number of esters is 1. The first-order chi connectivity index (χ1) is 17.2. The predicted octanol–water partition coefficient (Wildman–Crippen LogP) is 3.82. The van der Waals surface area contributed by atoms with Crippen LogP contribution in [0.5, 0.6) is 5.75 Å². The van der Waals surface area contributed by atoms with Gasteiger partial charge in [-0.3, -0.25) is 0 Å². The maximum atomic E-state index is 13.2. The molecular formula is C23H21N7O3S2. The highest BCUT2D eigenvalue weighted by atomic mass is 32.2. The topological polar surface area (TPSA) is 117 Å². The number of tetrazole rings is 1. The monoisotopic (exact) mass is 507 g/mol. The molecule has 10 nitrogen and oxygen atoms in total. The molecule has 35 heavy (non-hydrogen) atoms. The summed E-state index contributed by atoms with van der Waals surface area (Å²) in [5, 5.41) is 24.7. The molecule has 2 aromatic heterocycles. The van der Waals surface area contributed by atoms with Gasteiger partial charge in [-0.05, 0) is 35.0 Å². The van der Waals surface area contributed by atoms with Crippen LogP contribution in [0.15, 0.2) is 70.2 Å². The van der Waals surface area contributed by atoms with Gasteiger partial charge < -0.3 is 14.8 Å². The molecule has 3 heterocycles. The molecule has 0 fully saturated rings. The van der Waals surface area contributed by atoms with E-state index in [1.807, 2.05) is 54.6 Å². The molecule has 0 bridgehead atoms. The zero-order valence-corrected chi connectivity index (χ0v) is 20.5. The zero-order chi connectivity index (χ0) is 24.2. The second-order valence-corrected chi connectivity index (χ2v) is 9.59. The van der Waals surface area contributed by atoms with E-state index in [-0.39, 0.29) is 6.61 Å². The van der Waals surface area contributed by atoms with Crippen molar-refractivity contribution >= 4 is 35.0 Å². The summed E-state index contributed by atoms with van der Waals surface area (Å²) in [6.07, 6.45) is 0. The highest BCUT2D eigenvalue weighted by Gasteiger charge is 2.36.